The maximum Gasteiger partial charge on any atom is 0.254 e. The van der Waals surface area contributed by atoms with Crippen LogP contribution in [-0.4, -0.2) is 41.7 Å². The summed E-state index contributed by atoms with van der Waals surface area (Å²) < 4.78 is 0. The number of anilines is 1. The van der Waals surface area contributed by atoms with Crippen LogP contribution in [-0.2, 0) is 0 Å². The number of aliphatic hydroxyl groups is 1. The van der Waals surface area contributed by atoms with Crippen LogP contribution in [0.1, 0.15) is 35.7 Å². The number of hydrogen-bond acceptors (Lipinski definition) is 3. The Labute approximate surface area is 114 Å². The molecule has 19 heavy (non-hydrogen) atoms. The van der Waals surface area contributed by atoms with Crippen LogP contribution in [0.2, 0.25) is 0 Å². The van der Waals surface area contributed by atoms with Crippen LogP contribution in [0.4, 0.5) is 5.69 Å². The summed E-state index contributed by atoms with van der Waals surface area (Å²) in [5.74, 6) is 0.0390. The van der Waals surface area contributed by atoms with Gasteiger partial charge in [0.1, 0.15) is 0 Å². The van der Waals surface area contributed by atoms with Crippen LogP contribution >= 0.6 is 0 Å². The molecule has 0 spiro atoms. The average molecular weight is 262 g/mol. The number of amides is 1. The summed E-state index contributed by atoms with van der Waals surface area (Å²) in [4.78, 5) is 14.3. The van der Waals surface area contributed by atoms with E-state index in [1.807, 2.05) is 32.0 Å². The first kappa shape index (κ1) is 13.9. The number of nitrogens with one attached hydrogen (secondary N) is 1. The van der Waals surface area contributed by atoms with Gasteiger partial charge in [0.05, 0.1) is 6.61 Å². The summed E-state index contributed by atoms with van der Waals surface area (Å²) >= 11 is 0. The summed E-state index contributed by atoms with van der Waals surface area (Å²) in [6, 6.07) is 6.14. The van der Waals surface area contributed by atoms with Crippen molar-refractivity contribution < 1.29 is 9.90 Å². The number of rotatable bonds is 6. The van der Waals surface area contributed by atoms with E-state index in [0.717, 1.165) is 36.2 Å². The molecule has 1 aliphatic rings. The number of aliphatic hydroxyl groups excluding tert-OH is 1. The summed E-state index contributed by atoms with van der Waals surface area (Å²) in [7, 11) is 0. The number of hydrogen-bond donors (Lipinski definition) is 2. The molecule has 1 aromatic carbocycles. The van der Waals surface area contributed by atoms with E-state index in [9.17, 15) is 4.79 Å². The van der Waals surface area contributed by atoms with Gasteiger partial charge in [-0.2, -0.15) is 0 Å². The molecule has 0 aromatic heterocycles. The van der Waals surface area contributed by atoms with Crippen LogP contribution in [0.5, 0.6) is 0 Å². The quantitative estimate of drug-likeness (QED) is 0.824. The highest BCUT2D eigenvalue weighted by Crippen LogP contribution is 2.29. The van der Waals surface area contributed by atoms with Gasteiger partial charge in [0.2, 0.25) is 0 Å². The normalized spacial score (nSPS) is 14.3. The van der Waals surface area contributed by atoms with E-state index in [0.29, 0.717) is 12.6 Å². The van der Waals surface area contributed by atoms with Crippen molar-refractivity contribution in [1.29, 1.82) is 0 Å². The predicted molar refractivity (Wildman–Crippen MR) is 76.5 cm³/mol. The molecule has 4 heteroatoms. The molecule has 104 valence electrons. The Balaban J connectivity index is 2.17. The van der Waals surface area contributed by atoms with Gasteiger partial charge in [0.25, 0.3) is 5.91 Å². The lowest BCUT2D eigenvalue weighted by atomic mass is 10.1. The average Bonchev–Trinajstić information content (AvgIpc) is 3.20. The van der Waals surface area contributed by atoms with Crippen molar-refractivity contribution >= 4 is 11.6 Å². The molecular weight excluding hydrogens is 240 g/mol. The van der Waals surface area contributed by atoms with Crippen molar-refractivity contribution in [2.45, 2.75) is 32.7 Å². The second-order valence-corrected chi connectivity index (χ2v) is 5.01. The van der Waals surface area contributed by atoms with Crippen molar-refractivity contribution in [2.24, 2.45) is 0 Å². The molecule has 2 N–H and O–H groups in total. The van der Waals surface area contributed by atoms with E-state index in [-0.39, 0.29) is 12.5 Å². The summed E-state index contributed by atoms with van der Waals surface area (Å²) in [6.45, 7) is 5.32. The number of benzene rings is 1. The Morgan fingerprint density at radius 2 is 2.21 bits per heavy atom. The number of nitrogens with zero attached hydrogens (tertiary/aromatic N) is 1. The first-order valence-corrected chi connectivity index (χ1v) is 6.93. The highest BCUT2D eigenvalue weighted by molar-refractivity contribution is 5.96. The van der Waals surface area contributed by atoms with Gasteiger partial charge in [-0.25, -0.2) is 0 Å². The lowest BCUT2D eigenvalue weighted by Crippen LogP contribution is -2.35. The lowest BCUT2D eigenvalue weighted by molar-refractivity contribution is 0.0707. The maximum absolute atomic E-state index is 12.5. The van der Waals surface area contributed by atoms with Crippen LogP contribution < -0.4 is 5.32 Å². The Hall–Kier alpha value is -1.55. The van der Waals surface area contributed by atoms with Crippen LogP contribution in [0.25, 0.3) is 0 Å². The number of carbonyl (C=O) groups is 1. The molecule has 4 nitrogen and oxygen atoms in total. The van der Waals surface area contributed by atoms with Crippen LogP contribution in [0.3, 0.4) is 0 Å². The Bertz CT molecular complexity index is 455. The van der Waals surface area contributed by atoms with Crippen molar-refractivity contribution in [3.8, 4) is 0 Å². The molecular formula is C15H22N2O2. The van der Waals surface area contributed by atoms with Crippen molar-refractivity contribution in [3.05, 3.63) is 29.3 Å². The standard InChI is InChI=1S/C15H22N2O2/c1-3-16-12-4-7-14(11(2)10-12)15(19)17(8-9-18)13-5-6-13/h4,7,10,13,16,18H,3,5-6,8-9H2,1-2H3. The molecule has 0 heterocycles. The fourth-order valence-electron chi connectivity index (χ4n) is 2.32. The zero-order chi connectivity index (χ0) is 13.8. The molecule has 0 unspecified atom stereocenters. The zero-order valence-electron chi connectivity index (χ0n) is 11.6. The number of carbonyl (C=O) groups excluding carboxylic acids is 1. The molecule has 0 saturated heterocycles. The Kier molecular flexibility index (Phi) is 4.43. The van der Waals surface area contributed by atoms with Crippen molar-refractivity contribution in [3.63, 3.8) is 0 Å². The molecule has 0 radical (unpaired) electrons. The first-order chi connectivity index (χ1) is 9.17. The SMILES string of the molecule is CCNc1ccc(C(=O)N(CCO)C2CC2)c(C)c1. The number of aryl methyl sites for hydroxylation is 1. The molecule has 0 aliphatic heterocycles. The van der Waals surface area contributed by atoms with Gasteiger partial charge in [-0.3, -0.25) is 4.79 Å². The molecule has 1 saturated carbocycles. The van der Waals surface area contributed by atoms with Gasteiger partial charge in [0.15, 0.2) is 0 Å². The van der Waals surface area contributed by atoms with E-state index in [2.05, 4.69) is 5.32 Å². The fourth-order valence-corrected chi connectivity index (χ4v) is 2.32. The highest BCUT2D eigenvalue weighted by atomic mass is 16.3. The molecule has 1 amide bonds. The molecule has 1 fully saturated rings. The Morgan fingerprint density at radius 1 is 1.47 bits per heavy atom. The molecule has 2 rings (SSSR count). The largest absolute Gasteiger partial charge is 0.395 e. The van der Waals surface area contributed by atoms with Gasteiger partial charge in [-0.05, 0) is 50.5 Å². The van der Waals surface area contributed by atoms with E-state index in [1.54, 1.807) is 4.90 Å². The molecule has 1 aromatic rings. The van der Waals surface area contributed by atoms with E-state index < -0.39 is 0 Å². The van der Waals surface area contributed by atoms with Crippen LogP contribution in [0, 0.1) is 6.92 Å². The Morgan fingerprint density at radius 3 is 2.74 bits per heavy atom. The van der Waals surface area contributed by atoms with Gasteiger partial charge in [-0.15, -0.1) is 0 Å². The summed E-state index contributed by atoms with van der Waals surface area (Å²) in [6.07, 6.45) is 2.11. The second kappa shape index (κ2) is 6.06. The summed E-state index contributed by atoms with van der Waals surface area (Å²) in [5.41, 5.74) is 2.76. The maximum atomic E-state index is 12.5. The minimum absolute atomic E-state index is 0.0246. The monoisotopic (exact) mass is 262 g/mol. The van der Waals surface area contributed by atoms with Crippen LogP contribution in [0.15, 0.2) is 18.2 Å². The zero-order valence-corrected chi connectivity index (χ0v) is 11.6. The molecule has 0 bridgehead atoms. The van der Waals surface area contributed by atoms with E-state index in [1.165, 1.54) is 0 Å². The van der Waals surface area contributed by atoms with Gasteiger partial charge in [0, 0.05) is 30.4 Å². The van der Waals surface area contributed by atoms with E-state index in [4.69, 9.17) is 5.11 Å². The molecule has 1 aliphatic carbocycles. The molecule has 0 atom stereocenters. The smallest absolute Gasteiger partial charge is 0.254 e. The minimum Gasteiger partial charge on any atom is -0.395 e. The van der Waals surface area contributed by atoms with Gasteiger partial charge >= 0.3 is 0 Å². The van der Waals surface area contributed by atoms with Crippen molar-refractivity contribution in [2.75, 3.05) is 25.0 Å². The third-order valence-electron chi connectivity index (χ3n) is 3.43. The van der Waals surface area contributed by atoms with Gasteiger partial charge < -0.3 is 15.3 Å². The fraction of sp³-hybridized carbons (Fsp3) is 0.533. The van der Waals surface area contributed by atoms with Gasteiger partial charge in [-0.1, -0.05) is 0 Å². The second-order valence-electron chi connectivity index (χ2n) is 5.01. The lowest BCUT2D eigenvalue weighted by Gasteiger charge is -2.22. The topological polar surface area (TPSA) is 52.6 Å². The summed E-state index contributed by atoms with van der Waals surface area (Å²) in [5, 5.41) is 12.3. The third kappa shape index (κ3) is 3.26. The highest BCUT2D eigenvalue weighted by Gasteiger charge is 2.32. The first-order valence-electron chi connectivity index (χ1n) is 6.93. The predicted octanol–water partition coefficient (Wildman–Crippen LogP) is 2.02. The third-order valence-corrected chi connectivity index (χ3v) is 3.43. The van der Waals surface area contributed by atoms with Crippen molar-refractivity contribution in [1.82, 2.24) is 4.90 Å². The minimum atomic E-state index is 0.0246. The van der Waals surface area contributed by atoms with E-state index >= 15 is 0 Å².